The van der Waals surface area contributed by atoms with Crippen molar-refractivity contribution < 1.29 is 22.9 Å². The van der Waals surface area contributed by atoms with Gasteiger partial charge in [-0.05, 0) is 43.0 Å². The fourth-order valence-corrected chi connectivity index (χ4v) is 3.68. The van der Waals surface area contributed by atoms with Gasteiger partial charge in [0, 0.05) is 6.42 Å². The van der Waals surface area contributed by atoms with E-state index in [0.29, 0.717) is 17.9 Å². The third-order valence-electron chi connectivity index (χ3n) is 3.90. The number of phosphoric ester groups is 1. The smallest absolute Gasteiger partial charge is 0.395 e. The third-order valence-corrected chi connectivity index (χ3v) is 5.24. The van der Waals surface area contributed by atoms with E-state index in [9.17, 15) is 9.36 Å². The van der Waals surface area contributed by atoms with Crippen LogP contribution in [-0.2, 0) is 13.9 Å². The summed E-state index contributed by atoms with van der Waals surface area (Å²) in [5, 5.41) is 0. The van der Waals surface area contributed by atoms with Gasteiger partial charge in [-0.2, -0.15) is 0 Å². The van der Waals surface area contributed by atoms with Crippen LogP contribution >= 0.6 is 7.82 Å². The first-order chi connectivity index (χ1) is 12.6. The summed E-state index contributed by atoms with van der Waals surface area (Å²) in [6, 6.07) is 17.6. The van der Waals surface area contributed by atoms with Crippen LogP contribution in [0.5, 0.6) is 11.5 Å². The van der Waals surface area contributed by atoms with Crippen molar-refractivity contribution in [1.29, 1.82) is 0 Å². The van der Waals surface area contributed by atoms with E-state index in [0.717, 1.165) is 25.5 Å². The number of aldehydes is 1. The van der Waals surface area contributed by atoms with Crippen LogP contribution in [0.25, 0.3) is 0 Å². The van der Waals surface area contributed by atoms with Gasteiger partial charge in [0.15, 0.2) is 0 Å². The molecule has 2 rings (SSSR count). The van der Waals surface area contributed by atoms with Crippen LogP contribution in [0.4, 0.5) is 0 Å². The molecule has 2 aromatic rings. The molecule has 0 aliphatic rings. The molecule has 6 heteroatoms. The highest BCUT2D eigenvalue weighted by Crippen LogP contribution is 2.50. The van der Waals surface area contributed by atoms with Crippen LogP contribution in [0.15, 0.2) is 60.7 Å². The van der Waals surface area contributed by atoms with Crippen LogP contribution in [0, 0.1) is 5.92 Å². The minimum Gasteiger partial charge on any atom is -0.395 e. The zero-order valence-electron chi connectivity index (χ0n) is 15.0. The number of para-hydroxylation sites is 2. The predicted octanol–water partition coefficient (Wildman–Crippen LogP) is 5.66. The molecule has 0 radical (unpaired) electrons. The molecule has 0 saturated carbocycles. The maximum atomic E-state index is 13.2. The number of phosphoric acid groups is 1. The van der Waals surface area contributed by atoms with E-state index in [1.54, 1.807) is 48.5 Å². The Balaban J connectivity index is 2.06. The molecule has 2 aromatic carbocycles. The Labute approximate surface area is 154 Å². The van der Waals surface area contributed by atoms with E-state index in [4.69, 9.17) is 13.6 Å². The van der Waals surface area contributed by atoms with Crippen molar-refractivity contribution in [1.82, 2.24) is 0 Å². The molecule has 1 unspecified atom stereocenters. The van der Waals surface area contributed by atoms with E-state index >= 15 is 0 Å². The molecule has 0 amide bonds. The topological polar surface area (TPSA) is 61.8 Å². The number of hydrogen-bond donors (Lipinski definition) is 0. The zero-order valence-corrected chi connectivity index (χ0v) is 15.8. The summed E-state index contributed by atoms with van der Waals surface area (Å²) >= 11 is 0. The molecule has 140 valence electrons. The van der Waals surface area contributed by atoms with Crippen molar-refractivity contribution in [2.45, 2.75) is 32.6 Å². The number of rotatable bonds is 12. The number of unbranched alkanes of at least 4 members (excludes halogenated alkanes) is 1. The standard InChI is InChI=1S/C20H25O5P/c1-2-18(11-9-10-16-21)17-23-26(22,24-19-12-5-3-6-13-19)25-20-14-7-4-8-15-20/h3-8,12-16,18H,2,9-11,17H2,1H3. The average molecular weight is 376 g/mol. The van der Waals surface area contributed by atoms with Crippen molar-refractivity contribution in [3.63, 3.8) is 0 Å². The first kappa shape index (κ1) is 20.2. The Morgan fingerprint density at radius 3 is 1.96 bits per heavy atom. The summed E-state index contributed by atoms with van der Waals surface area (Å²) in [5.41, 5.74) is 0. The highest BCUT2D eigenvalue weighted by Gasteiger charge is 2.31. The summed E-state index contributed by atoms with van der Waals surface area (Å²) in [6.07, 6.45) is 3.90. The summed E-state index contributed by atoms with van der Waals surface area (Å²) in [6.45, 7) is 2.28. The van der Waals surface area contributed by atoms with Crippen LogP contribution in [0.3, 0.4) is 0 Å². The Morgan fingerprint density at radius 2 is 1.50 bits per heavy atom. The fourth-order valence-electron chi connectivity index (χ4n) is 2.38. The van der Waals surface area contributed by atoms with Crippen molar-refractivity contribution in [3.05, 3.63) is 60.7 Å². The second-order valence-electron chi connectivity index (χ2n) is 5.92. The Kier molecular flexibility index (Phi) is 8.39. The second kappa shape index (κ2) is 10.8. The quantitative estimate of drug-likeness (QED) is 0.271. The molecule has 0 heterocycles. The minimum absolute atomic E-state index is 0.182. The molecular formula is C20H25O5P. The molecule has 5 nitrogen and oxygen atoms in total. The van der Waals surface area contributed by atoms with Gasteiger partial charge in [-0.1, -0.05) is 49.7 Å². The summed E-state index contributed by atoms with van der Waals surface area (Å²) < 4.78 is 30.0. The van der Waals surface area contributed by atoms with Gasteiger partial charge in [0.1, 0.15) is 17.8 Å². The second-order valence-corrected chi connectivity index (χ2v) is 7.44. The van der Waals surface area contributed by atoms with Crippen molar-refractivity contribution in [2.75, 3.05) is 6.61 Å². The Morgan fingerprint density at radius 1 is 0.962 bits per heavy atom. The highest BCUT2D eigenvalue weighted by atomic mass is 31.2. The number of carbonyl (C=O) groups excluding carboxylic acids is 1. The molecule has 0 saturated heterocycles. The number of hydrogen-bond acceptors (Lipinski definition) is 5. The maximum absolute atomic E-state index is 13.2. The molecule has 0 spiro atoms. The van der Waals surface area contributed by atoms with Gasteiger partial charge in [-0.25, -0.2) is 4.57 Å². The minimum atomic E-state index is -3.84. The number of carbonyl (C=O) groups is 1. The van der Waals surface area contributed by atoms with Gasteiger partial charge in [0.2, 0.25) is 0 Å². The SMILES string of the molecule is CCC(CCCC=O)COP(=O)(Oc1ccccc1)Oc1ccccc1. The first-order valence-corrected chi connectivity index (χ1v) is 10.3. The summed E-state index contributed by atoms with van der Waals surface area (Å²) in [5.74, 6) is 1.02. The summed E-state index contributed by atoms with van der Waals surface area (Å²) in [4.78, 5) is 10.5. The molecule has 0 fully saturated rings. The van der Waals surface area contributed by atoms with Crippen molar-refractivity contribution in [3.8, 4) is 11.5 Å². The van der Waals surface area contributed by atoms with E-state index in [-0.39, 0.29) is 12.5 Å². The molecule has 1 atom stereocenters. The molecule has 0 aromatic heterocycles. The Hall–Kier alpha value is -2.10. The van der Waals surface area contributed by atoms with Crippen molar-refractivity contribution in [2.24, 2.45) is 5.92 Å². The molecule has 26 heavy (non-hydrogen) atoms. The van der Waals surface area contributed by atoms with E-state index in [1.165, 1.54) is 0 Å². The zero-order chi connectivity index (χ0) is 18.7. The molecule has 0 aliphatic carbocycles. The Bertz CT molecular complexity index is 644. The normalized spacial score (nSPS) is 12.3. The molecule has 0 N–H and O–H groups in total. The van der Waals surface area contributed by atoms with Gasteiger partial charge in [-0.15, -0.1) is 0 Å². The molecule has 0 aliphatic heterocycles. The van der Waals surface area contributed by atoms with Gasteiger partial charge in [0.25, 0.3) is 0 Å². The van der Waals surface area contributed by atoms with E-state index in [2.05, 4.69) is 0 Å². The molecule has 0 bridgehead atoms. The number of benzene rings is 2. The van der Waals surface area contributed by atoms with Gasteiger partial charge in [-0.3, -0.25) is 4.52 Å². The lowest BCUT2D eigenvalue weighted by atomic mass is 10.0. The first-order valence-electron chi connectivity index (χ1n) is 8.82. The lowest BCUT2D eigenvalue weighted by Crippen LogP contribution is -2.12. The van der Waals surface area contributed by atoms with Crippen molar-refractivity contribution >= 4 is 14.1 Å². The van der Waals surface area contributed by atoms with Crippen LogP contribution in [-0.4, -0.2) is 12.9 Å². The van der Waals surface area contributed by atoms with Gasteiger partial charge in [0.05, 0.1) is 6.61 Å². The molecular weight excluding hydrogens is 351 g/mol. The summed E-state index contributed by atoms with van der Waals surface area (Å²) in [7, 11) is -3.84. The predicted molar refractivity (Wildman–Crippen MR) is 101 cm³/mol. The van der Waals surface area contributed by atoms with Gasteiger partial charge >= 0.3 is 7.82 Å². The monoisotopic (exact) mass is 376 g/mol. The highest BCUT2D eigenvalue weighted by molar-refractivity contribution is 7.49. The van der Waals surface area contributed by atoms with Crippen LogP contribution in [0.2, 0.25) is 0 Å². The van der Waals surface area contributed by atoms with E-state index < -0.39 is 7.82 Å². The third kappa shape index (κ3) is 7.03. The lowest BCUT2D eigenvalue weighted by molar-refractivity contribution is -0.108. The van der Waals surface area contributed by atoms with Crippen LogP contribution < -0.4 is 9.05 Å². The van der Waals surface area contributed by atoms with Crippen LogP contribution in [0.1, 0.15) is 32.6 Å². The average Bonchev–Trinajstić information content (AvgIpc) is 2.66. The lowest BCUT2D eigenvalue weighted by Gasteiger charge is -2.21. The van der Waals surface area contributed by atoms with Gasteiger partial charge < -0.3 is 13.8 Å². The fraction of sp³-hybridized carbons (Fsp3) is 0.350. The maximum Gasteiger partial charge on any atom is 0.587 e. The van der Waals surface area contributed by atoms with E-state index in [1.807, 2.05) is 19.1 Å². The largest absolute Gasteiger partial charge is 0.587 e.